The van der Waals surface area contributed by atoms with E-state index in [1.165, 1.54) is 0 Å². The van der Waals surface area contributed by atoms with E-state index in [9.17, 15) is 4.79 Å². The first-order valence-electron chi connectivity index (χ1n) is 5.76. The van der Waals surface area contributed by atoms with Crippen molar-refractivity contribution in [2.24, 2.45) is 0 Å². The van der Waals surface area contributed by atoms with E-state index in [1.807, 2.05) is 6.07 Å². The second kappa shape index (κ2) is 7.14. The predicted octanol–water partition coefficient (Wildman–Crippen LogP) is 3.76. The Morgan fingerprint density at radius 2 is 1.83 bits per heavy atom. The number of halogens is 2. The molecule has 0 aliphatic heterocycles. The van der Waals surface area contributed by atoms with Gasteiger partial charge >= 0.3 is 5.97 Å². The molecule has 0 aliphatic carbocycles. The number of rotatable bonds is 6. The van der Waals surface area contributed by atoms with Crippen molar-refractivity contribution in [1.82, 2.24) is 0 Å². The van der Waals surface area contributed by atoms with Gasteiger partial charge in [0.05, 0.1) is 5.56 Å². The smallest absolute Gasteiger partial charge is 0.335 e. The van der Waals surface area contributed by atoms with Gasteiger partial charge in [0, 0.05) is 28.4 Å². The van der Waals surface area contributed by atoms with Gasteiger partial charge in [-0.1, -0.05) is 51.8 Å². The maximum Gasteiger partial charge on any atom is 0.335 e. The number of hydrogen-bond donors (Lipinski definition) is 1. The van der Waals surface area contributed by atoms with Crippen LogP contribution in [0.5, 0.6) is 0 Å². The van der Waals surface area contributed by atoms with Crippen LogP contribution in [0.1, 0.15) is 24.2 Å². The van der Waals surface area contributed by atoms with Crippen LogP contribution in [0.3, 0.4) is 0 Å². The lowest BCUT2D eigenvalue weighted by atomic mass is 10.2. The molecule has 0 unspecified atom stereocenters. The Balaban J connectivity index is 2.96. The van der Waals surface area contributed by atoms with Crippen molar-refractivity contribution in [3.05, 3.63) is 29.8 Å². The Morgan fingerprint density at radius 1 is 1.28 bits per heavy atom. The van der Waals surface area contributed by atoms with E-state index in [2.05, 4.69) is 50.6 Å². The molecule has 0 bridgehead atoms. The summed E-state index contributed by atoms with van der Waals surface area (Å²) in [7, 11) is 0. The minimum atomic E-state index is -0.893. The average molecular weight is 379 g/mol. The van der Waals surface area contributed by atoms with Crippen LogP contribution in [0.4, 0.5) is 5.69 Å². The molecule has 0 saturated heterocycles. The second-order valence-corrected chi connectivity index (χ2v) is 7.45. The first-order valence-corrected chi connectivity index (χ1v) is 7.59. The Labute approximate surface area is 124 Å². The average Bonchev–Trinajstić information content (AvgIpc) is 2.27. The maximum atomic E-state index is 11.0. The molecule has 5 heteroatoms. The molecule has 0 amide bonds. The van der Waals surface area contributed by atoms with Gasteiger partial charge in [0.15, 0.2) is 0 Å². The summed E-state index contributed by atoms with van der Waals surface area (Å²) in [5, 5.41) is 9.02. The number of hydrogen-bond acceptors (Lipinski definition) is 2. The van der Waals surface area contributed by atoms with Gasteiger partial charge in [-0.2, -0.15) is 0 Å². The third-order valence-corrected chi connectivity index (χ3v) is 2.98. The predicted molar refractivity (Wildman–Crippen MR) is 82.4 cm³/mol. The minimum Gasteiger partial charge on any atom is -0.478 e. The largest absolute Gasteiger partial charge is 0.478 e. The number of carboxylic acid groups (broad SMARTS) is 1. The first kappa shape index (κ1) is 15.5. The van der Waals surface area contributed by atoms with Gasteiger partial charge in [-0.15, -0.1) is 0 Å². The van der Waals surface area contributed by atoms with Crippen molar-refractivity contribution >= 4 is 43.5 Å². The molecule has 1 N–H and O–H groups in total. The van der Waals surface area contributed by atoms with Crippen LogP contribution >= 0.6 is 31.9 Å². The van der Waals surface area contributed by atoms with E-state index in [4.69, 9.17) is 5.11 Å². The van der Waals surface area contributed by atoms with Gasteiger partial charge in [0.25, 0.3) is 0 Å². The molecule has 3 nitrogen and oxygen atoms in total. The summed E-state index contributed by atoms with van der Waals surface area (Å²) in [6, 6.07) is 7.05. The van der Waals surface area contributed by atoms with E-state index in [-0.39, 0.29) is 0 Å². The molecular formula is C13H17Br2NO2. The van der Waals surface area contributed by atoms with Crippen LogP contribution in [0, 0.1) is 0 Å². The number of benzene rings is 1. The zero-order valence-corrected chi connectivity index (χ0v) is 13.6. The fourth-order valence-corrected chi connectivity index (χ4v) is 2.43. The number of anilines is 1. The molecule has 0 spiro atoms. The normalized spacial score (nSPS) is 14.0. The van der Waals surface area contributed by atoms with Crippen LogP contribution in [0.15, 0.2) is 24.3 Å². The number of carboxylic acids is 1. The van der Waals surface area contributed by atoms with Crippen molar-refractivity contribution in [2.45, 2.75) is 23.5 Å². The lowest BCUT2D eigenvalue weighted by molar-refractivity contribution is 0.0697. The van der Waals surface area contributed by atoms with Crippen molar-refractivity contribution in [1.29, 1.82) is 0 Å². The zero-order valence-electron chi connectivity index (χ0n) is 10.4. The molecule has 0 fully saturated rings. The summed E-state index contributed by atoms with van der Waals surface area (Å²) in [5.74, 6) is -0.893. The van der Waals surface area contributed by atoms with Crippen LogP contribution in [-0.4, -0.2) is 33.8 Å². The highest BCUT2D eigenvalue weighted by Crippen LogP contribution is 2.19. The summed E-state index contributed by atoms with van der Waals surface area (Å²) >= 11 is 7.07. The summed E-state index contributed by atoms with van der Waals surface area (Å²) in [6.45, 7) is 5.82. The summed E-state index contributed by atoms with van der Waals surface area (Å²) in [6.07, 6.45) is 0. The van der Waals surface area contributed by atoms with Gasteiger partial charge in [-0.3, -0.25) is 0 Å². The molecule has 0 saturated carbocycles. The zero-order chi connectivity index (χ0) is 13.7. The van der Waals surface area contributed by atoms with E-state index >= 15 is 0 Å². The van der Waals surface area contributed by atoms with Crippen molar-refractivity contribution < 1.29 is 9.90 Å². The molecule has 0 aliphatic rings. The summed E-state index contributed by atoms with van der Waals surface area (Å²) < 4.78 is 0. The fraction of sp³-hybridized carbons (Fsp3) is 0.462. The van der Waals surface area contributed by atoms with E-state index in [0.29, 0.717) is 15.2 Å². The SMILES string of the molecule is C[C@@H](Br)CN(C[C@@H](C)Br)c1cccc(C(=O)O)c1. The molecule has 2 atom stereocenters. The van der Waals surface area contributed by atoms with E-state index < -0.39 is 5.97 Å². The van der Waals surface area contributed by atoms with Crippen LogP contribution in [-0.2, 0) is 0 Å². The molecule has 1 aromatic rings. The molecule has 100 valence electrons. The molecule has 18 heavy (non-hydrogen) atoms. The highest BCUT2D eigenvalue weighted by Gasteiger charge is 2.13. The second-order valence-electron chi connectivity index (χ2n) is 4.32. The number of nitrogens with zero attached hydrogens (tertiary/aromatic N) is 1. The highest BCUT2D eigenvalue weighted by molar-refractivity contribution is 9.09. The molecule has 0 heterocycles. The Morgan fingerprint density at radius 3 is 2.28 bits per heavy atom. The van der Waals surface area contributed by atoms with Crippen LogP contribution in [0.25, 0.3) is 0 Å². The van der Waals surface area contributed by atoms with Crippen molar-refractivity contribution in [3.8, 4) is 0 Å². The van der Waals surface area contributed by atoms with Gasteiger partial charge in [-0.25, -0.2) is 4.79 Å². The lowest BCUT2D eigenvalue weighted by Crippen LogP contribution is -2.33. The number of alkyl halides is 2. The number of aromatic carboxylic acids is 1. The van der Waals surface area contributed by atoms with Crippen molar-refractivity contribution in [3.63, 3.8) is 0 Å². The maximum absolute atomic E-state index is 11.0. The monoisotopic (exact) mass is 377 g/mol. The van der Waals surface area contributed by atoms with Crippen LogP contribution in [0.2, 0.25) is 0 Å². The van der Waals surface area contributed by atoms with Gasteiger partial charge in [0.1, 0.15) is 0 Å². The molecule has 0 radical (unpaired) electrons. The first-order chi connectivity index (χ1) is 8.40. The topological polar surface area (TPSA) is 40.5 Å². The van der Waals surface area contributed by atoms with Gasteiger partial charge < -0.3 is 10.0 Å². The molecule has 0 aromatic heterocycles. The van der Waals surface area contributed by atoms with E-state index in [0.717, 1.165) is 18.8 Å². The molecule has 1 rings (SSSR count). The molecular weight excluding hydrogens is 362 g/mol. The standard InChI is InChI=1S/C13H17Br2NO2/c1-9(14)7-16(8-10(2)15)12-5-3-4-11(6-12)13(17)18/h3-6,9-10H,7-8H2,1-2H3,(H,17,18)/t9-,10-/m1/s1. The third kappa shape index (κ3) is 4.98. The Bertz CT molecular complexity index is 398. The Hall–Kier alpha value is -0.550. The molecule has 1 aromatic carbocycles. The quantitative estimate of drug-likeness (QED) is 0.766. The Kier molecular flexibility index (Phi) is 6.15. The van der Waals surface area contributed by atoms with Crippen molar-refractivity contribution in [2.75, 3.05) is 18.0 Å². The summed E-state index contributed by atoms with van der Waals surface area (Å²) in [5.41, 5.74) is 1.26. The summed E-state index contributed by atoms with van der Waals surface area (Å²) in [4.78, 5) is 13.8. The van der Waals surface area contributed by atoms with Crippen LogP contribution < -0.4 is 4.90 Å². The van der Waals surface area contributed by atoms with E-state index in [1.54, 1.807) is 18.2 Å². The number of carbonyl (C=O) groups is 1. The van der Waals surface area contributed by atoms with Gasteiger partial charge in [0.2, 0.25) is 0 Å². The van der Waals surface area contributed by atoms with Gasteiger partial charge in [-0.05, 0) is 18.2 Å². The lowest BCUT2D eigenvalue weighted by Gasteiger charge is -2.27. The fourth-order valence-electron chi connectivity index (χ4n) is 1.73. The highest BCUT2D eigenvalue weighted by atomic mass is 79.9. The minimum absolute atomic E-state index is 0.321. The third-order valence-electron chi connectivity index (χ3n) is 2.40.